The molecule has 2 nitrogen and oxygen atoms in total. The van der Waals surface area contributed by atoms with Gasteiger partial charge in [0.2, 0.25) is 0 Å². The summed E-state index contributed by atoms with van der Waals surface area (Å²) in [5.74, 6) is 0.469. The minimum Gasteiger partial charge on any atom is -0.388 e. The zero-order valence-corrected chi connectivity index (χ0v) is 13.2. The lowest BCUT2D eigenvalue weighted by molar-refractivity contribution is -0.0113. The predicted octanol–water partition coefficient (Wildman–Crippen LogP) is 4.10. The van der Waals surface area contributed by atoms with Crippen LogP contribution in [0.15, 0.2) is 18.2 Å². The van der Waals surface area contributed by atoms with Crippen molar-refractivity contribution in [3.8, 4) is 0 Å². The summed E-state index contributed by atoms with van der Waals surface area (Å²) >= 11 is 0. The number of aliphatic hydroxyl groups is 1. The molecular weight excluding hydrogens is 265 g/mol. The van der Waals surface area contributed by atoms with E-state index in [0.29, 0.717) is 12.1 Å². The smallest absolute Gasteiger partial charge is 0.123 e. The molecule has 1 unspecified atom stereocenters. The van der Waals surface area contributed by atoms with Gasteiger partial charge in [-0.15, -0.1) is 0 Å². The maximum absolute atomic E-state index is 13.5. The van der Waals surface area contributed by atoms with E-state index in [0.717, 1.165) is 37.2 Å². The van der Waals surface area contributed by atoms with Crippen LogP contribution in [0, 0.1) is 24.1 Å². The van der Waals surface area contributed by atoms with E-state index < -0.39 is 6.10 Å². The molecule has 1 saturated carbocycles. The van der Waals surface area contributed by atoms with Crippen LogP contribution in [0.4, 0.5) is 4.39 Å². The van der Waals surface area contributed by atoms with Crippen LogP contribution in [0.5, 0.6) is 0 Å². The SMILES string of the molecule is CCCC1CCC(CN)(C(O)c2cc(F)ccc2C)CC1. The second kappa shape index (κ2) is 6.89. The Balaban J connectivity index is 2.19. The number of aliphatic hydroxyl groups excluding tert-OH is 1. The molecule has 0 aromatic heterocycles. The van der Waals surface area contributed by atoms with Crippen molar-refractivity contribution >= 4 is 0 Å². The predicted molar refractivity (Wildman–Crippen MR) is 84.5 cm³/mol. The van der Waals surface area contributed by atoms with Crippen LogP contribution in [0.1, 0.15) is 62.7 Å². The van der Waals surface area contributed by atoms with E-state index in [1.54, 1.807) is 6.07 Å². The summed E-state index contributed by atoms with van der Waals surface area (Å²) in [5, 5.41) is 10.9. The third kappa shape index (κ3) is 3.46. The van der Waals surface area contributed by atoms with E-state index in [1.807, 2.05) is 6.92 Å². The lowest BCUT2D eigenvalue weighted by Gasteiger charge is -2.43. The molecule has 1 fully saturated rings. The first-order valence-corrected chi connectivity index (χ1v) is 8.16. The van der Waals surface area contributed by atoms with E-state index in [4.69, 9.17) is 5.73 Å². The minimum absolute atomic E-state index is 0.289. The summed E-state index contributed by atoms with van der Waals surface area (Å²) in [6.07, 6.45) is 5.92. The van der Waals surface area contributed by atoms with Gasteiger partial charge < -0.3 is 10.8 Å². The van der Waals surface area contributed by atoms with Crippen molar-refractivity contribution in [1.29, 1.82) is 0 Å². The molecule has 0 saturated heterocycles. The third-order valence-corrected chi connectivity index (χ3v) is 5.32. The normalized spacial score (nSPS) is 27.6. The van der Waals surface area contributed by atoms with Crippen LogP contribution >= 0.6 is 0 Å². The Hall–Kier alpha value is -0.930. The Morgan fingerprint density at radius 2 is 2.05 bits per heavy atom. The second-order valence-corrected chi connectivity index (χ2v) is 6.70. The number of hydrogen-bond acceptors (Lipinski definition) is 2. The van der Waals surface area contributed by atoms with Gasteiger partial charge in [0.15, 0.2) is 0 Å². The molecule has 0 aliphatic heterocycles. The van der Waals surface area contributed by atoms with Gasteiger partial charge in [0.1, 0.15) is 5.82 Å². The highest BCUT2D eigenvalue weighted by molar-refractivity contribution is 5.30. The first-order chi connectivity index (χ1) is 10.0. The Labute approximate surface area is 127 Å². The quantitative estimate of drug-likeness (QED) is 0.858. The Morgan fingerprint density at radius 1 is 1.38 bits per heavy atom. The first-order valence-electron chi connectivity index (χ1n) is 8.16. The van der Waals surface area contributed by atoms with Crippen LogP contribution in [0.25, 0.3) is 0 Å². The van der Waals surface area contributed by atoms with Gasteiger partial charge in [0.25, 0.3) is 0 Å². The molecule has 3 N–H and O–H groups in total. The summed E-state index contributed by atoms with van der Waals surface area (Å²) in [6.45, 7) is 4.60. The average Bonchev–Trinajstić information content (AvgIpc) is 2.50. The fourth-order valence-electron chi connectivity index (χ4n) is 3.77. The van der Waals surface area contributed by atoms with Crippen LogP contribution in [0.3, 0.4) is 0 Å². The van der Waals surface area contributed by atoms with Crippen molar-refractivity contribution in [3.63, 3.8) is 0 Å². The van der Waals surface area contributed by atoms with Gasteiger partial charge in [0, 0.05) is 12.0 Å². The molecule has 1 aliphatic rings. The molecule has 2 rings (SSSR count). The summed E-state index contributed by atoms with van der Waals surface area (Å²) in [4.78, 5) is 0. The molecule has 0 heterocycles. The highest BCUT2D eigenvalue weighted by Gasteiger charge is 2.41. The van der Waals surface area contributed by atoms with Gasteiger partial charge in [0.05, 0.1) is 6.10 Å². The molecule has 1 aliphatic carbocycles. The summed E-state index contributed by atoms with van der Waals surface area (Å²) in [7, 11) is 0. The Bertz CT molecular complexity index is 466. The molecule has 0 radical (unpaired) electrons. The zero-order chi connectivity index (χ0) is 15.5. The van der Waals surface area contributed by atoms with Crippen LogP contribution in [0.2, 0.25) is 0 Å². The molecule has 1 atom stereocenters. The molecule has 3 heteroatoms. The number of nitrogens with two attached hydrogens (primary N) is 1. The number of halogens is 1. The van der Waals surface area contributed by atoms with Crippen molar-refractivity contribution in [2.45, 2.75) is 58.5 Å². The molecule has 1 aromatic rings. The van der Waals surface area contributed by atoms with Crippen LogP contribution in [-0.4, -0.2) is 11.7 Å². The lowest BCUT2D eigenvalue weighted by atomic mass is 9.65. The zero-order valence-electron chi connectivity index (χ0n) is 13.2. The maximum atomic E-state index is 13.5. The van der Waals surface area contributed by atoms with Crippen molar-refractivity contribution in [3.05, 3.63) is 35.1 Å². The van der Waals surface area contributed by atoms with E-state index in [1.165, 1.54) is 25.0 Å². The monoisotopic (exact) mass is 293 g/mol. The van der Waals surface area contributed by atoms with Crippen molar-refractivity contribution in [1.82, 2.24) is 0 Å². The molecule has 21 heavy (non-hydrogen) atoms. The minimum atomic E-state index is -0.666. The Morgan fingerprint density at radius 3 is 2.62 bits per heavy atom. The summed E-state index contributed by atoms with van der Waals surface area (Å²) < 4.78 is 13.5. The van der Waals surface area contributed by atoms with Gasteiger partial charge in [-0.05, 0) is 61.8 Å². The fraction of sp³-hybridized carbons (Fsp3) is 0.667. The van der Waals surface area contributed by atoms with Gasteiger partial charge in [-0.2, -0.15) is 0 Å². The molecular formula is C18H28FNO. The van der Waals surface area contributed by atoms with Crippen molar-refractivity contribution in [2.24, 2.45) is 17.1 Å². The van der Waals surface area contributed by atoms with Gasteiger partial charge >= 0.3 is 0 Å². The van der Waals surface area contributed by atoms with E-state index in [-0.39, 0.29) is 11.2 Å². The standard InChI is InChI=1S/C18H28FNO/c1-3-4-14-7-9-18(12-20,10-8-14)17(21)16-11-15(19)6-5-13(16)2/h5-6,11,14,17,21H,3-4,7-10,12,20H2,1-2H3. The van der Waals surface area contributed by atoms with Gasteiger partial charge in [-0.25, -0.2) is 4.39 Å². The highest BCUT2D eigenvalue weighted by atomic mass is 19.1. The summed E-state index contributed by atoms with van der Waals surface area (Å²) in [6, 6.07) is 4.65. The highest BCUT2D eigenvalue weighted by Crippen LogP contribution is 2.48. The third-order valence-electron chi connectivity index (χ3n) is 5.32. The topological polar surface area (TPSA) is 46.2 Å². The second-order valence-electron chi connectivity index (χ2n) is 6.70. The molecule has 0 spiro atoms. The molecule has 118 valence electrons. The van der Waals surface area contributed by atoms with Crippen LogP contribution in [-0.2, 0) is 0 Å². The van der Waals surface area contributed by atoms with Crippen molar-refractivity contribution < 1.29 is 9.50 Å². The maximum Gasteiger partial charge on any atom is 0.123 e. The van der Waals surface area contributed by atoms with E-state index in [9.17, 15) is 9.50 Å². The van der Waals surface area contributed by atoms with E-state index in [2.05, 4.69) is 6.92 Å². The van der Waals surface area contributed by atoms with Crippen LogP contribution < -0.4 is 5.73 Å². The average molecular weight is 293 g/mol. The fourth-order valence-corrected chi connectivity index (χ4v) is 3.77. The number of rotatable bonds is 5. The summed E-state index contributed by atoms with van der Waals surface area (Å²) in [5.41, 5.74) is 7.38. The number of aryl methyl sites for hydroxylation is 1. The largest absolute Gasteiger partial charge is 0.388 e. The molecule has 1 aromatic carbocycles. The van der Waals surface area contributed by atoms with Gasteiger partial charge in [-0.1, -0.05) is 25.8 Å². The number of benzene rings is 1. The van der Waals surface area contributed by atoms with E-state index >= 15 is 0 Å². The lowest BCUT2D eigenvalue weighted by Crippen LogP contribution is -2.40. The number of hydrogen-bond donors (Lipinski definition) is 2. The molecule has 0 amide bonds. The first kappa shape index (κ1) is 16.4. The van der Waals surface area contributed by atoms with Gasteiger partial charge in [-0.3, -0.25) is 0 Å². The Kier molecular flexibility index (Phi) is 5.39. The molecule has 0 bridgehead atoms. The van der Waals surface area contributed by atoms with Crippen molar-refractivity contribution in [2.75, 3.05) is 6.54 Å².